The number of hydrogen-bond acceptors (Lipinski definition) is 7. The highest BCUT2D eigenvalue weighted by molar-refractivity contribution is 6.05. The van der Waals surface area contributed by atoms with Crippen LogP contribution < -0.4 is 19.5 Å². The van der Waals surface area contributed by atoms with Crippen LogP contribution >= 0.6 is 0 Å². The lowest BCUT2D eigenvalue weighted by atomic mass is 10.1. The number of aromatic nitrogens is 2. The van der Waals surface area contributed by atoms with E-state index in [9.17, 15) is 4.79 Å². The number of nitrogens with one attached hydrogen (secondary N) is 1. The van der Waals surface area contributed by atoms with Gasteiger partial charge in [-0.3, -0.25) is 4.79 Å². The number of hydrogen-bond donors (Lipinski definition) is 1. The molecule has 0 aliphatic rings. The van der Waals surface area contributed by atoms with E-state index < -0.39 is 0 Å². The van der Waals surface area contributed by atoms with Gasteiger partial charge in [-0.05, 0) is 48.9 Å². The standard InChI is InChI=1S/C23H21N3O5/c1-13-7-8-14(23-26-21-17(31-23)6-5-9-24-21)10-16(13)25-22(27)15-11-18(28-2)20(30-4)19(12-15)29-3/h5-12H,1-4H3,(H,25,27). The fourth-order valence-corrected chi connectivity index (χ4v) is 3.19. The molecule has 1 N–H and O–H groups in total. The number of fused-ring (bicyclic) bond motifs is 1. The summed E-state index contributed by atoms with van der Waals surface area (Å²) in [5.41, 5.74) is 3.74. The molecule has 158 valence electrons. The number of carbonyl (C=O) groups is 1. The molecular weight excluding hydrogens is 398 g/mol. The summed E-state index contributed by atoms with van der Waals surface area (Å²) in [7, 11) is 4.51. The molecule has 0 atom stereocenters. The van der Waals surface area contributed by atoms with Crippen LogP contribution in [0.25, 0.3) is 22.7 Å². The zero-order valence-electron chi connectivity index (χ0n) is 17.6. The number of carbonyl (C=O) groups excluding carboxylic acids is 1. The van der Waals surface area contributed by atoms with E-state index in [1.165, 1.54) is 21.3 Å². The van der Waals surface area contributed by atoms with Gasteiger partial charge in [0.05, 0.1) is 21.3 Å². The molecule has 4 rings (SSSR count). The van der Waals surface area contributed by atoms with Crippen molar-refractivity contribution in [2.24, 2.45) is 0 Å². The van der Waals surface area contributed by atoms with Gasteiger partial charge in [-0.25, -0.2) is 4.98 Å². The highest BCUT2D eigenvalue weighted by atomic mass is 16.5. The second kappa shape index (κ2) is 8.35. The number of benzene rings is 2. The molecule has 0 bridgehead atoms. The summed E-state index contributed by atoms with van der Waals surface area (Å²) in [6.45, 7) is 1.90. The molecule has 0 saturated carbocycles. The van der Waals surface area contributed by atoms with Crippen molar-refractivity contribution < 1.29 is 23.4 Å². The number of pyridine rings is 1. The van der Waals surface area contributed by atoms with E-state index in [1.807, 2.05) is 25.1 Å². The first-order chi connectivity index (χ1) is 15.0. The predicted molar refractivity (Wildman–Crippen MR) is 116 cm³/mol. The second-order valence-corrected chi connectivity index (χ2v) is 6.74. The SMILES string of the molecule is COc1cc(C(=O)Nc2cc(-c3nc4ncccc4o3)ccc2C)cc(OC)c1OC. The lowest BCUT2D eigenvalue weighted by molar-refractivity contribution is 0.102. The van der Waals surface area contributed by atoms with Gasteiger partial charge < -0.3 is 23.9 Å². The topological polar surface area (TPSA) is 95.7 Å². The highest BCUT2D eigenvalue weighted by Gasteiger charge is 2.18. The third-order valence-corrected chi connectivity index (χ3v) is 4.82. The average molecular weight is 419 g/mol. The molecule has 2 aromatic heterocycles. The molecular formula is C23H21N3O5. The normalized spacial score (nSPS) is 10.7. The summed E-state index contributed by atoms with van der Waals surface area (Å²) in [4.78, 5) is 21.6. The molecule has 4 aromatic rings. The van der Waals surface area contributed by atoms with Crippen molar-refractivity contribution in [3.63, 3.8) is 0 Å². The Morgan fingerprint density at radius 1 is 1.00 bits per heavy atom. The lowest BCUT2D eigenvalue weighted by Crippen LogP contribution is -2.13. The van der Waals surface area contributed by atoms with E-state index in [0.29, 0.717) is 45.6 Å². The molecule has 0 fully saturated rings. The van der Waals surface area contributed by atoms with Gasteiger partial charge >= 0.3 is 0 Å². The third-order valence-electron chi connectivity index (χ3n) is 4.82. The molecule has 1 amide bonds. The smallest absolute Gasteiger partial charge is 0.255 e. The number of anilines is 1. The Bertz CT molecular complexity index is 1210. The molecule has 0 aliphatic carbocycles. The molecule has 0 saturated heterocycles. The zero-order chi connectivity index (χ0) is 22.0. The average Bonchev–Trinajstić information content (AvgIpc) is 3.23. The van der Waals surface area contributed by atoms with Crippen LogP contribution in [0.4, 0.5) is 5.69 Å². The minimum absolute atomic E-state index is 0.321. The molecule has 0 spiro atoms. The number of aryl methyl sites for hydroxylation is 1. The van der Waals surface area contributed by atoms with Crippen molar-refractivity contribution in [2.75, 3.05) is 26.6 Å². The summed E-state index contributed by atoms with van der Waals surface area (Å²) < 4.78 is 21.8. The monoisotopic (exact) mass is 419 g/mol. The molecule has 8 heteroatoms. The lowest BCUT2D eigenvalue weighted by Gasteiger charge is -2.15. The summed E-state index contributed by atoms with van der Waals surface area (Å²) >= 11 is 0. The highest BCUT2D eigenvalue weighted by Crippen LogP contribution is 2.38. The van der Waals surface area contributed by atoms with Crippen LogP contribution in [0, 0.1) is 6.92 Å². The van der Waals surface area contributed by atoms with Gasteiger partial charge in [0.15, 0.2) is 22.7 Å². The van der Waals surface area contributed by atoms with Crippen LogP contribution in [0.2, 0.25) is 0 Å². The van der Waals surface area contributed by atoms with Crippen molar-refractivity contribution in [3.05, 3.63) is 59.8 Å². The summed E-state index contributed by atoms with van der Waals surface area (Å²) in [5, 5.41) is 2.93. The van der Waals surface area contributed by atoms with Gasteiger partial charge in [-0.1, -0.05) is 6.07 Å². The van der Waals surface area contributed by atoms with Crippen LogP contribution in [-0.4, -0.2) is 37.2 Å². The third kappa shape index (κ3) is 3.87. The minimum Gasteiger partial charge on any atom is -0.493 e. The van der Waals surface area contributed by atoms with Crippen molar-refractivity contribution in [1.82, 2.24) is 9.97 Å². The number of oxazole rings is 1. The van der Waals surface area contributed by atoms with E-state index in [-0.39, 0.29) is 5.91 Å². The number of amides is 1. The number of rotatable bonds is 6. The number of methoxy groups -OCH3 is 3. The second-order valence-electron chi connectivity index (χ2n) is 6.74. The van der Waals surface area contributed by atoms with E-state index in [4.69, 9.17) is 18.6 Å². The van der Waals surface area contributed by atoms with Crippen molar-refractivity contribution >= 4 is 22.8 Å². The Balaban J connectivity index is 1.66. The zero-order valence-corrected chi connectivity index (χ0v) is 17.6. The van der Waals surface area contributed by atoms with Crippen LogP contribution in [0.3, 0.4) is 0 Å². The molecule has 0 aliphatic heterocycles. The molecule has 0 radical (unpaired) electrons. The van der Waals surface area contributed by atoms with E-state index in [0.717, 1.165) is 11.1 Å². The summed E-state index contributed by atoms with van der Waals surface area (Å²) in [6, 6.07) is 12.4. The molecule has 2 aromatic carbocycles. The van der Waals surface area contributed by atoms with Gasteiger partial charge in [0, 0.05) is 23.0 Å². The molecule has 0 unspecified atom stereocenters. The summed E-state index contributed by atoms with van der Waals surface area (Å²) in [5.74, 6) is 1.33. The Hall–Kier alpha value is -4.07. The maximum atomic E-state index is 13.0. The maximum absolute atomic E-state index is 13.0. The molecule has 31 heavy (non-hydrogen) atoms. The van der Waals surface area contributed by atoms with Crippen LogP contribution in [0.1, 0.15) is 15.9 Å². The van der Waals surface area contributed by atoms with Crippen LogP contribution in [-0.2, 0) is 0 Å². The quantitative estimate of drug-likeness (QED) is 0.492. The van der Waals surface area contributed by atoms with Crippen LogP contribution in [0.15, 0.2) is 53.1 Å². The largest absolute Gasteiger partial charge is 0.493 e. The van der Waals surface area contributed by atoms with Gasteiger partial charge in [0.2, 0.25) is 11.6 Å². The predicted octanol–water partition coefficient (Wildman–Crippen LogP) is 4.48. The van der Waals surface area contributed by atoms with Gasteiger partial charge in [-0.15, -0.1) is 0 Å². The van der Waals surface area contributed by atoms with Crippen LogP contribution in [0.5, 0.6) is 17.2 Å². The Morgan fingerprint density at radius 3 is 2.39 bits per heavy atom. The maximum Gasteiger partial charge on any atom is 0.255 e. The van der Waals surface area contributed by atoms with Crippen molar-refractivity contribution in [2.45, 2.75) is 6.92 Å². The number of nitrogens with zero attached hydrogens (tertiary/aromatic N) is 2. The van der Waals surface area contributed by atoms with Crippen molar-refractivity contribution in [3.8, 4) is 28.7 Å². The Kier molecular flexibility index (Phi) is 5.44. The first-order valence-corrected chi connectivity index (χ1v) is 9.48. The van der Waals surface area contributed by atoms with E-state index in [2.05, 4.69) is 15.3 Å². The number of ether oxygens (including phenoxy) is 3. The van der Waals surface area contributed by atoms with Gasteiger partial charge in [-0.2, -0.15) is 4.98 Å². The Morgan fingerprint density at radius 2 is 1.74 bits per heavy atom. The first-order valence-electron chi connectivity index (χ1n) is 9.48. The van der Waals surface area contributed by atoms with E-state index in [1.54, 1.807) is 30.5 Å². The fourth-order valence-electron chi connectivity index (χ4n) is 3.19. The minimum atomic E-state index is -0.321. The fraction of sp³-hybridized carbons (Fsp3) is 0.174. The van der Waals surface area contributed by atoms with E-state index >= 15 is 0 Å². The summed E-state index contributed by atoms with van der Waals surface area (Å²) in [6.07, 6.45) is 1.66. The first kappa shape index (κ1) is 20.2. The Labute approximate surface area is 178 Å². The molecule has 8 nitrogen and oxygen atoms in total. The molecule has 2 heterocycles. The van der Waals surface area contributed by atoms with Gasteiger partial charge in [0.1, 0.15) is 0 Å². The van der Waals surface area contributed by atoms with Crippen molar-refractivity contribution in [1.29, 1.82) is 0 Å². The van der Waals surface area contributed by atoms with Gasteiger partial charge in [0.25, 0.3) is 5.91 Å².